The van der Waals surface area contributed by atoms with Crippen molar-refractivity contribution in [1.29, 1.82) is 0 Å². The molecule has 1 aliphatic heterocycles. The van der Waals surface area contributed by atoms with Crippen LogP contribution in [0.25, 0.3) is 11.0 Å². The lowest BCUT2D eigenvalue weighted by molar-refractivity contribution is 0.0104. The molecule has 2 fully saturated rings. The molecule has 2 aromatic carbocycles. The number of piperidine rings is 1. The Morgan fingerprint density at radius 2 is 1.79 bits per heavy atom. The van der Waals surface area contributed by atoms with E-state index in [1.807, 2.05) is 35.3 Å². The number of rotatable bonds is 12. The summed E-state index contributed by atoms with van der Waals surface area (Å²) in [5.41, 5.74) is 1.24. The van der Waals surface area contributed by atoms with E-state index in [0.717, 1.165) is 56.9 Å². The van der Waals surface area contributed by atoms with Crippen LogP contribution >= 0.6 is 11.6 Å². The van der Waals surface area contributed by atoms with E-state index in [0.29, 0.717) is 28.3 Å². The Kier molecular flexibility index (Phi) is 10.5. The molecule has 4 aromatic rings. The Bertz CT molecular complexity index is 1690. The van der Waals surface area contributed by atoms with E-state index in [-0.39, 0.29) is 28.2 Å². The summed E-state index contributed by atoms with van der Waals surface area (Å²) < 4.78 is 18.7. The molecule has 6 rings (SSSR count). The second kappa shape index (κ2) is 14.9. The van der Waals surface area contributed by atoms with Crippen molar-refractivity contribution >= 4 is 28.5 Å². The summed E-state index contributed by atoms with van der Waals surface area (Å²) in [5, 5.41) is 8.62. The Morgan fingerprint density at radius 1 is 1.06 bits per heavy atom. The summed E-state index contributed by atoms with van der Waals surface area (Å²) in [4.78, 5) is 33.3. The van der Waals surface area contributed by atoms with E-state index in [9.17, 15) is 9.59 Å². The zero-order chi connectivity index (χ0) is 32.8. The van der Waals surface area contributed by atoms with Crippen LogP contribution in [0.3, 0.4) is 0 Å². The van der Waals surface area contributed by atoms with Crippen LogP contribution in [0.4, 0.5) is 0 Å². The molecule has 1 amide bonds. The number of amides is 1. The standard InChI is InChI=1S/C36H44ClN5O5/c1-45-32-19-29-30(43)20-34(47-31(29)21-33(32)46-2)35(44)40-28(18-25-8-10-27(37)11-9-25)12-15-41-16-13-36(14-17-41,22-42-24-38-23-39-42)26-6-4-3-5-7-26/h8-11,19-21,23-24,26,28H,3-7,12-18,22H2,1-2H3,(H,40,44)/t28-/m1/s1. The van der Waals surface area contributed by atoms with E-state index < -0.39 is 5.91 Å². The lowest BCUT2D eigenvalue weighted by Crippen LogP contribution is -2.48. The van der Waals surface area contributed by atoms with E-state index in [1.165, 1.54) is 52.4 Å². The molecule has 0 spiro atoms. The number of carbonyl (C=O) groups is 1. The fourth-order valence-corrected chi connectivity index (χ4v) is 7.71. The van der Waals surface area contributed by atoms with Gasteiger partial charge >= 0.3 is 0 Å². The molecule has 1 N–H and O–H groups in total. The Hall–Kier alpha value is -3.89. The summed E-state index contributed by atoms with van der Waals surface area (Å²) in [5.74, 6) is 1.08. The van der Waals surface area contributed by atoms with Gasteiger partial charge in [-0.25, -0.2) is 4.98 Å². The SMILES string of the molecule is COc1cc2oc(C(=O)N[C@H](CCN3CCC(Cn4cncn4)(C4CCCCC4)CC3)Cc3ccc(Cl)cc3)cc(=O)c2cc1OC. The number of benzene rings is 2. The maximum absolute atomic E-state index is 13.6. The van der Waals surface area contributed by atoms with Gasteiger partial charge in [0.2, 0.25) is 0 Å². The Balaban J connectivity index is 1.16. The van der Waals surface area contributed by atoms with Crippen LogP contribution in [0.15, 0.2) is 64.3 Å². The molecule has 1 saturated heterocycles. The minimum atomic E-state index is -0.430. The predicted molar refractivity (Wildman–Crippen MR) is 181 cm³/mol. The zero-order valence-corrected chi connectivity index (χ0v) is 28.0. The van der Waals surface area contributed by atoms with Gasteiger partial charge in [-0.1, -0.05) is 43.0 Å². The number of carbonyl (C=O) groups excluding carboxylic acids is 1. The van der Waals surface area contributed by atoms with E-state index in [1.54, 1.807) is 18.5 Å². The number of hydrogen-bond acceptors (Lipinski definition) is 8. The van der Waals surface area contributed by atoms with E-state index in [4.69, 9.17) is 25.5 Å². The first-order valence-corrected chi connectivity index (χ1v) is 17.0. The van der Waals surface area contributed by atoms with Crippen LogP contribution in [0, 0.1) is 11.3 Å². The van der Waals surface area contributed by atoms with Crippen LogP contribution < -0.4 is 20.2 Å². The van der Waals surface area contributed by atoms with Gasteiger partial charge in [-0.2, -0.15) is 5.10 Å². The minimum absolute atomic E-state index is 0.0424. The van der Waals surface area contributed by atoms with Crippen molar-refractivity contribution in [3.8, 4) is 11.5 Å². The first-order valence-electron chi connectivity index (χ1n) is 16.7. The highest BCUT2D eigenvalue weighted by molar-refractivity contribution is 6.30. The molecule has 1 saturated carbocycles. The smallest absolute Gasteiger partial charge is 0.287 e. The number of likely N-dealkylation sites (tertiary alicyclic amines) is 1. The van der Waals surface area contributed by atoms with Crippen LogP contribution in [0.1, 0.15) is 67.5 Å². The average molecular weight is 662 g/mol. The van der Waals surface area contributed by atoms with Gasteiger partial charge in [0.25, 0.3) is 5.91 Å². The van der Waals surface area contributed by atoms with Crippen molar-refractivity contribution in [2.24, 2.45) is 11.3 Å². The Labute approximate surface area is 280 Å². The molecule has 1 aliphatic carbocycles. The maximum atomic E-state index is 13.6. The first-order chi connectivity index (χ1) is 22.9. The molecule has 0 bridgehead atoms. The third kappa shape index (κ3) is 7.81. The number of methoxy groups -OCH3 is 2. The van der Waals surface area contributed by atoms with Crippen LogP contribution in [-0.2, 0) is 13.0 Å². The first kappa shape index (κ1) is 33.0. The highest BCUT2D eigenvalue weighted by Gasteiger charge is 2.42. The number of aromatic nitrogens is 3. The molecule has 2 aromatic heterocycles. The van der Waals surface area contributed by atoms with Gasteiger partial charge in [-0.05, 0) is 86.7 Å². The second-order valence-corrected chi connectivity index (χ2v) is 13.5. The van der Waals surface area contributed by atoms with E-state index in [2.05, 4.69) is 20.3 Å². The van der Waals surface area contributed by atoms with Crippen LogP contribution in [0.2, 0.25) is 5.02 Å². The second-order valence-electron chi connectivity index (χ2n) is 13.1. The fourth-order valence-electron chi connectivity index (χ4n) is 7.59. The molecular formula is C36H44ClN5O5. The quantitative estimate of drug-likeness (QED) is 0.193. The summed E-state index contributed by atoms with van der Waals surface area (Å²) >= 11 is 6.16. The average Bonchev–Trinajstić information content (AvgIpc) is 3.61. The summed E-state index contributed by atoms with van der Waals surface area (Å²) in [7, 11) is 3.01. The highest BCUT2D eigenvalue weighted by atomic mass is 35.5. The molecule has 11 heteroatoms. The van der Waals surface area contributed by atoms with Crippen molar-refractivity contribution in [3.63, 3.8) is 0 Å². The lowest BCUT2D eigenvalue weighted by atomic mass is 9.63. The molecule has 0 radical (unpaired) electrons. The van der Waals surface area contributed by atoms with Gasteiger partial charge in [-0.15, -0.1) is 0 Å². The molecule has 0 unspecified atom stereocenters. The molecule has 2 aliphatic rings. The molecule has 250 valence electrons. The predicted octanol–water partition coefficient (Wildman–Crippen LogP) is 6.15. The summed E-state index contributed by atoms with van der Waals surface area (Å²) in [6, 6.07) is 11.9. The van der Waals surface area contributed by atoms with Gasteiger partial charge in [0.05, 0.1) is 19.6 Å². The summed E-state index contributed by atoms with van der Waals surface area (Å²) in [6.45, 7) is 3.80. The number of fused-ring (bicyclic) bond motifs is 1. The molecule has 10 nitrogen and oxygen atoms in total. The molecule has 3 heterocycles. The number of nitrogens with one attached hydrogen (secondary N) is 1. The molecule has 1 atom stereocenters. The van der Waals surface area contributed by atoms with Gasteiger partial charge in [-0.3, -0.25) is 14.3 Å². The molecular weight excluding hydrogens is 618 g/mol. The van der Waals surface area contributed by atoms with Crippen molar-refractivity contribution in [2.75, 3.05) is 33.9 Å². The monoisotopic (exact) mass is 661 g/mol. The molecule has 47 heavy (non-hydrogen) atoms. The van der Waals surface area contributed by atoms with Crippen LogP contribution in [-0.4, -0.2) is 65.5 Å². The third-order valence-electron chi connectivity index (χ3n) is 10.2. The van der Waals surface area contributed by atoms with Gasteiger partial charge < -0.3 is 24.1 Å². The zero-order valence-electron chi connectivity index (χ0n) is 27.3. The van der Waals surface area contributed by atoms with Crippen molar-refractivity contribution in [3.05, 3.63) is 81.7 Å². The number of hydrogen-bond donors (Lipinski definition) is 1. The number of nitrogens with zero attached hydrogens (tertiary/aromatic N) is 4. The number of ether oxygens (including phenoxy) is 2. The van der Waals surface area contributed by atoms with E-state index >= 15 is 0 Å². The third-order valence-corrected chi connectivity index (χ3v) is 10.5. The fraction of sp³-hybridized carbons (Fsp3) is 0.500. The van der Waals surface area contributed by atoms with Crippen molar-refractivity contribution < 1.29 is 18.7 Å². The largest absolute Gasteiger partial charge is 0.493 e. The van der Waals surface area contributed by atoms with Gasteiger partial charge in [0, 0.05) is 36.3 Å². The summed E-state index contributed by atoms with van der Waals surface area (Å²) in [6.07, 6.45) is 13.7. The Morgan fingerprint density at radius 3 is 2.47 bits per heavy atom. The topological polar surface area (TPSA) is 112 Å². The van der Waals surface area contributed by atoms with Crippen molar-refractivity contribution in [2.45, 2.75) is 70.4 Å². The lowest BCUT2D eigenvalue weighted by Gasteiger charge is -2.48. The minimum Gasteiger partial charge on any atom is -0.493 e. The van der Waals surface area contributed by atoms with Crippen molar-refractivity contribution in [1.82, 2.24) is 25.0 Å². The normalized spacial score (nSPS) is 17.8. The van der Waals surface area contributed by atoms with Gasteiger partial charge in [0.1, 0.15) is 18.2 Å². The van der Waals surface area contributed by atoms with Gasteiger partial charge in [0.15, 0.2) is 22.7 Å². The van der Waals surface area contributed by atoms with Crippen LogP contribution in [0.5, 0.6) is 11.5 Å². The number of halogens is 1. The highest BCUT2D eigenvalue weighted by Crippen LogP contribution is 2.47. The maximum Gasteiger partial charge on any atom is 0.287 e.